The molecule has 2 aromatic carbocycles. The van der Waals surface area contributed by atoms with Crippen LogP contribution in [-0.4, -0.2) is 35.0 Å². The minimum absolute atomic E-state index is 0.275. The molecule has 1 aliphatic carbocycles. The van der Waals surface area contributed by atoms with Gasteiger partial charge < -0.3 is 0 Å². The van der Waals surface area contributed by atoms with E-state index in [1.54, 1.807) is 0 Å². The second-order valence-electron chi connectivity index (χ2n) is 8.38. The van der Waals surface area contributed by atoms with Gasteiger partial charge in [0.05, 0.1) is 12.1 Å². The molecule has 2 aromatic rings. The molecule has 0 radical (unpaired) electrons. The first-order valence-electron chi connectivity index (χ1n) is 11.1. The van der Waals surface area contributed by atoms with Crippen LogP contribution in [-0.2, 0) is 0 Å². The van der Waals surface area contributed by atoms with Crippen LogP contribution in [0.15, 0.2) is 68.3 Å². The van der Waals surface area contributed by atoms with E-state index in [0.717, 1.165) is 12.8 Å². The predicted molar refractivity (Wildman–Crippen MR) is 136 cm³/mol. The molecule has 30 heavy (non-hydrogen) atoms. The Morgan fingerprint density at radius 1 is 0.700 bits per heavy atom. The molecule has 2 nitrogen and oxygen atoms in total. The minimum atomic E-state index is 0.275. The van der Waals surface area contributed by atoms with Crippen LogP contribution < -0.4 is 0 Å². The first kappa shape index (κ1) is 23.1. The van der Waals surface area contributed by atoms with Gasteiger partial charge in [0.25, 0.3) is 0 Å². The summed E-state index contributed by atoms with van der Waals surface area (Å²) in [6, 6.07) is 17.7. The van der Waals surface area contributed by atoms with E-state index in [2.05, 4.69) is 88.7 Å². The molecule has 2 atom stereocenters. The van der Waals surface area contributed by atoms with Gasteiger partial charge in [0.15, 0.2) is 0 Å². The van der Waals surface area contributed by atoms with E-state index in [1.807, 2.05) is 23.5 Å². The van der Waals surface area contributed by atoms with E-state index in [9.17, 15) is 0 Å². The van der Waals surface area contributed by atoms with Gasteiger partial charge in [-0.15, -0.1) is 23.5 Å². The SMILES string of the molecule is CC(C)Sc1ccccc1C=NC1CCCCC1N=Cc1ccccc1SC(C)C. The number of rotatable bonds is 8. The van der Waals surface area contributed by atoms with Gasteiger partial charge in [0, 0.05) is 43.8 Å². The summed E-state index contributed by atoms with van der Waals surface area (Å²) in [5.41, 5.74) is 2.45. The van der Waals surface area contributed by atoms with E-state index < -0.39 is 0 Å². The summed E-state index contributed by atoms with van der Waals surface area (Å²) >= 11 is 3.81. The van der Waals surface area contributed by atoms with Crippen molar-refractivity contribution >= 4 is 36.0 Å². The van der Waals surface area contributed by atoms with Crippen LogP contribution in [0.2, 0.25) is 0 Å². The Labute approximate surface area is 191 Å². The summed E-state index contributed by atoms with van der Waals surface area (Å²) in [6.07, 6.45) is 8.92. The summed E-state index contributed by atoms with van der Waals surface area (Å²) in [7, 11) is 0. The molecule has 0 amide bonds. The second-order valence-corrected chi connectivity index (χ2v) is 11.6. The van der Waals surface area contributed by atoms with Gasteiger partial charge in [0.2, 0.25) is 0 Å². The smallest absolute Gasteiger partial charge is 0.0723 e. The third-order valence-corrected chi connectivity index (χ3v) is 7.26. The summed E-state index contributed by atoms with van der Waals surface area (Å²) in [5, 5.41) is 1.13. The lowest BCUT2D eigenvalue weighted by Crippen LogP contribution is -2.27. The molecule has 0 bridgehead atoms. The third-order valence-electron chi connectivity index (χ3n) is 5.07. The van der Waals surface area contributed by atoms with Crippen LogP contribution in [0.1, 0.15) is 64.5 Å². The van der Waals surface area contributed by atoms with E-state index >= 15 is 0 Å². The number of nitrogens with zero attached hydrogens (tertiary/aromatic N) is 2. The fourth-order valence-electron chi connectivity index (χ4n) is 3.69. The zero-order valence-electron chi connectivity index (χ0n) is 18.6. The largest absolute Gasteiger partial charge is 0.287 e. The van der Waals surface area contributed by atoms with Crippen LogP contribution in [0.25, 0.3) is 0 Å². The Balaban J connectivity index is 1.75. The molecule has 0 saturated heterocycles. The van der Waals surface area contributed by atoms with Gasteiger partial charge in [-0.3, -0.25) is 9.98 Å². The Morgan fingerprint density at radius 3 is 1.50 bits per heavy atom. The van der Waals surface area contributed by atoms with Gasteiger partial charge in [-0.05, 0) is 25.0 Å². The summed E-state index contributed by atoms with van der Waals surface area (Å²) < 4.78 is 0. The average molecular weight is 439 g/mol. The molecule has 1 fully saturated rings. The van der Waals surface area contributed by atoms with Crippen LogP contribution in [0.3, 0.4) is 0 Å². The summed E-state index contributed by atoms with van der Waals surface area (Å²) in [6.45, 7) is 8.94. The molecule has 0 spiro atoms. The molecule has 1 aliphatic rings. The van der Waals surface area contributed by atoms with Crippen LogP contribution in [0.5, 0.6) is 0 Å². The van der Waals surface area contributed by atoms with Crippen molar-refractivity contribution in [3.63, 3.8) is 0 Å². The van der Waals surface area contributed by atoms with Gasteiger partial charge in [0.1, 0.15) is 0 Å². The van der Waals surface area contributed by atoms with Crippen molar-refractivity contribution in [2.24, 2.45) is 9.98 Å². The van der Waals surface area contributed by atoms with E-state index in [-0.39, 0.29) is 12.1 Å². The highest BCUT2D eigenvalue weighted by Crippen LogP contribution is 2.29. The first-order valence-corrected chi connectivity index (χ1v) is 12.9. The standard InChI is InChI=1S/C26H34N2S2/c1-19(2)29-25-15-9-5-11-21(25)17-27-23-13-7-8-14-24(23)28-18-22-12-6-10-16-26(22)30-20(3)4/h5-6,9-12,15-20,23-24H,7-8,13-14H2,1-4H3. The maximum absolute atomic E-state index is 5.03. The Kier molecular flexibility index (Phi) is 9.07. The average Bonchev–Trinajstić information content (AvgIpc) is 2.72. The van der Waals surface area contributed by atoms with Crippen molar-refractivity contribution in [3.8, 4) is 0 Å². The van der Waals surface area contributed by atoms with Crippen molar-refractivity contribution in [2.75, 3.05) is 0 Å². The first-order chi connectivity index (χ1) is 14.5. The Morgan fingerprint density at radius 2 is 1.10 bits per heavy atom. The van der Waals surface area contributed by atoms with Crippen molar-refractivity contribution in [1.82, 2.24) is 0 Å². The van der Waals surface area contributed by atoms with Crippen molar-refractivity contribution in [2.45, 2.75) is 85.8 Å². The molecular weight excluding hydrogens is 404 g/mol. The lowest BCUT2D eigenvalue weighted by molar-refractivity contribution is 0.390. The maximum Gasteiger partial charge on any atom is 0.0723 e. The lowest BCUT2D eigenvalue weighted by atomic mass is 9.91. The highest BCUT2D eigenvalue weighted by Gasteiger charge is 2.23. The van der Waals surface area contributed by atoms with Crippen LogP contribution >= 0.6 is 23.5 Å². The molecule has 0 heterocycles. The zero-order chi connectivity index (χ0) is 21.3. The van der Waals surface area contributed by atoms with E-state index in [0.29, 0.717) is 10.5 Å². The van der Waals surface area contributed by atoms with Crippen LogP contribution in [0, 0.1) is 0 Å². The minimum Gasteiger partial charge on any atom is -0.287 e. The topological polar surface area (TPSA) is 24.7 Å². The zero-order valence-corrected chi connectivity index (χ0v) is 20.3. The normalized spacial score (nSPS) is 20.1. The molecule has 4 heteroatoms. The van der Waals surface area contributed by atoms with Gasteiger partial charge in [-0.2, -0.15) is 0 Å². The molecule has 2 unspecified atom stereocenters. The van der Waals surface area contributed by atoms with Crippen molar-refractivity contribution in [3.05, 3.63) is 59.7 Å². The quantitative estimate of drug-likeness (QED) is 0.314. The predicted octanol–water partition coefficient (Wildman–Crippen LogP) is 7.54. The third kappa shape index (κ3) is 7.02. The number of benzene rings is 2. The van der Waals surface area contributed by atoms with E-state index in [4.69, 9.17) is 9.98 Å². The lowest BCUT2D eigenvalue weighted by Gasteiger charge is -2.25. The highest BCUT2D eigenvalue weighted by molar-refractivity contribution is 8.00. The van der Waals surface area contributed by atoms with Crippen molar-refractivity contribution in [1.29, 1.82) is 0 Å². The molecule has 0 aliphatic heterocycles. The van der Waals surface area contributed by atoms with Gasteiger partial charge >= 0.3 is 0 Å². The Bertz CT molecular complexity index is 786. The van der Waals surface area contributed by atoms with Crippen LogP contribution in [0.4, 0.5) is 0 Å². The van der Waals surface area contributed by atoms with Gasteiger partial charge in [-0.1, -0.05) is 76.9 Å². The Hall–Kier alpha value is -1.52. The highest BCUT2D eigenvalue weighted by atomic mass is 32.2. The van der Waals surface area contributed by atoms with E-state index in [1.165, 1.54) is 33.8 Å². The van der Waals surface area contributed by atoms with Crippen molar-refractivity contribution < 1.29 is 0 Å². The maximum atomic E-state index is 5.03. The fourth-order valence-corrected chi connectivity index (χ4v) is 5.53. The molecule has 1 saturated carbocycles. The summed E-state index contributed by atoms with van der Waals surface area (Å²) in [4.78, 5) is 12.7. The number of aliphatic imine (C=N–C) groups is 2. The molecular formula is C26H34N2S2. The molecule has 0 aromatic heterocycles. The van der Waals surface area contributed by atoms with Gasteiger partial charge in [-0.25, -0.2) is 0 Å². The summed E-state index contributed by atoms with van der Waals surface area (Å²) in [5.74, 6) is 0. The second kappa shape index (κ2) is 11.8. The molecule has 0 N–H and O–H groups in total. The number of thioether (sulfide) groups is 2. The molecule has 160 valence electrons. The number of hydrogen-bond donors (Lipinski definition) is 0. The number of hydrogen-bond acceptors (Lipinski definition) is 4. The molecule has 3 rings (SSSR count). The fraction of sp³-hybridized carbons (Fsp3) is 0.462. The monoisotopic (exact) mass is 438 g/mol.